The van der Waals surface area contributed by atoms with Crippen LogP contribution in [0.1, 0.15) is 67.2 Å². The highest BCUT2D eigenvalue weighted by atomic mass is 19.1. The second-order valence-electron chi connectivity index (χ2n) is 12.1. The monoisotopic (exact) mass is 510 g/mol. The molecule has 0 amide bonds. The van der Waals surface area contributed by atoms with Gasteiger partial charge in [-0.25, -0.2) is 18.4 Å². The second-order valence-corrected chi connectivity index (χ2v) is 12.1. The van der Waals surface area contributed by atoms with E-state index in [4.69, 9.17) is 9.47 Å². The van der Waals surface area contributed by atoms with Gasteiger partial charge in [0.15, 0.2) is 11.5 Å². The number of carbonyl (C=O) groups is 3. The number of alkyl halides is 2. The van der Waals surface area contributed by atoms with Gasteiger partial charge in [0.05, 0.1) is 6.10 Å². The van der Waals surface area contributed by atoms with E-state index in [1.54, 1.807) is 34.6 Å². The lowest BCUT2D eigenvalue weighted by molar-refractivity contribution is -0.233. The maximum Gasteiger partial charge on any atom is 0.509 e. The molecule has 9 atom stereocenters. The molecule has 0 radical (unpaired) electrons. The second kappa shape index (κ2) is 8.10. The van der Waals surface area contributed by atoms with Crippen LogP contribution in [0.5, 0.6) is 0 Å². The Balaban J connectivity index is 1.80. The average molecular weight is 511 g/mol. The minimum atomic E-state index is -2.35. The number of allylic oxidation sites excluding steroid dienone is 4. The maximum atomic E-state index is 17.3. The first-order valence-electron chi connectivity index (χ1n) is 12.6. The average Bonchev–Trinajstić information content (AvgIpc) is 2.99. The van der Waals surface area contributed by atoms with Gasteiger partial charge >= 0.3 is 12.1 Å². The van der Waals surface area contributed by atoms with Crippen LogP contribution < -0.4 is 0 Å². The first-order chi connectivity index (χ1) is 16.5. The van der Waals surface area contributed by atoms with Crippen LogP contribution in [0, 0.1) is 28.6 Å². The number of aliphatic carboxylic acids is 1. The Hall–Kier alpha value is -2.29. The van der Waals surface area contributed by atoms with Gasteiger partial charge in [-0.2, -0.15) is 0 Å². The van der Waals surface area contributed by atoms with Gasteiger partial charge in [-0.3, -0.25) is 4.79 Å². The molecule has 4 aliphatic carbocycles. The van der Waals surface area contributed by atoms with Crippen LogP contribution >= 0.6 is 0 Å². The summed E-state index contributed by atoms with van der Waals surface area (Å²) < 4.78 is 43.9. The Bertz CT molecular complexity index is 1050. The zero-order valence-electron chi connectivity index (χ0n) is 21.6. The number of carbonyl (C=O) groups excluding carboxylic acids is 2. The minimum Gasteiger partial charge on any atom is -0.478 e. The third-order valence-electron chi connectivity index (χ3n) is 9.94. The lowest BCUT2D eigenvalue weighted by Crippen LogP contribution is -2.71. The van der Waals surface area contributed by atoms with Crippen molar-refractivity contribution in [3.05, 3.63) is 23.8 Å². The lowest BCUT2D eigenvalue weighted by atomic mass is 9.44. The van der Waals surface area contributed by atoms with Crippen LogP contribution in [0.2, 0.25) is 0 Å². The molecule has 4 aliphatic rings. The van der Waals surface area contributed by atoms with Gasteiger partial charge in [0.1, 0.15) is 11.8 Å². The third kappa shape index (κ3) is 3.26. The normalized spacial score (nSPS) is 45.8. The first-order valence-corrected chi connectivity index (χ1v) is 12.6. The highest BCUT2D eigenvalue weighted by Crippen LogP contribution is 2.71. The molecule has 0 aromatic rings. The number of aliphatic hydroxyl groups is 1. The molecule has 3 unspecified atom stereocenters. The van der Waals surface area contributed by atoms with E-state index >= 15 is 8.78 Å². The summed E-state index contributed by atoms with van der Waals surface area (Å²) in [5, 5.41) is 21.9. The molecule has 36 heavy (non-hydrogen) atoms. The number of carboxylic acids is 1. The smallest absolute Gasteiger partial charge is 0.478 e. The van der Waals surface area contributed by atoms with Crippen LogP contribution in [-0.2, 0) is 19.1 Å². The van der Waals surface area contributed by atoms with Crippen molar-refractivity contribution in [1.29, 1.82) is 0 Å². The van der Waals surface area contributed by atoms with Crippen LogP contribution in [0.4, 0.5) is 13.6 Å². The molecule has 0 aliphatic heterocycles. The maximum absolute atomic E-state index is 17.3. The van der Waals surface area contributed by atoms with Crippen molar-refractivity contribution in [2.75, 3.05) is 0 Å². The van der Waals surface area contributed by atoms with Crippen molar-refractivity contribution in [2.45, 2.75) is 96.4 Å². The van der Waals surface area contributed by atoms with Crippen molar-refractivity contribution in [2.24, 2.45) is 28.6 Å². The zero-order valence-corrected chi connectivity index (χ0v) is 21.6. The van der Waals surface area contributed by atoms with E-state index in [0.29, 0.717) is 6.42 Å². The summed E-state index contributed by atoms with van der Waals surface area (Å²) >= 11 is 0. The number of carboxylic acid groups (broad SMARTS) is 1. The number of hydrogen-bond acceptors (Lipinski definition) is 6. The molecule has 0 aromatic heterocycles. The third-order valence-corrected chi connectivity index (χ3v) is 9.94. The predicted molar refractivity (Wildman–Crippen MR) is 125 cm³/mol. The summed E-state index contributed by atoms with van der Waals surface area (Å²) in [6.45, 7) is 9.83. The summed E-state index contributed by atoms with van der Waals surface area (Å²) in [5.41, 5.74) is -8.34. The molecule has 0 spiro atoms. The number of ketones is 1. The fourth-order valence-corrected chi connectivity index (χ4v) is 7.69. The minimum absolute atomic E-state index is 0.00595. The van der Waals surface area contributed by atoms with Crippen LogP contribution in [0.25, 0.3) is 0 Å². The van der Waals surface area contributed by atoms with Crippen molar-refractivity contribution < 1.29 is 42.9 Å². The summed E-state index contributed by atoms with van der Waals surface area (Å²) in [5.74, 6) is -4.40. The van der Waals surface area contributed by atoms with E-state index in [2.05, 4.69) is 0 Å². The van der Waals surface area contributed by atoms with E-state index in [1.165, 1.54) is 19.1 Å². The molecule has 0 bridgehead atoms. The van der Waals surface area contributed by atoms with Gasteiger partial charge in [-0.05, 0) is 70.1 Å². The molecular weight excluding hydrogens is 474 g/mol. The fourth-order valence-electron chi connectivity index (χ4n) is 7.69. The number of ether oxygens (including phenoxy) is 2. The molecule has 4 rings (SSSR count). The number of halogens is 2. The number of rotatable bonds is 4. The van der Waals surface area contributed by atoms with Crippen molar-refractivity contribution in [1.82, 2.24) is 0 Å². The van der Waals surface area contributed by atoms with E-state index in [9.17, 15) is 24.6 Å². The summed E-state index contributed by atoms with van der Waals surface area (Å²) in [7, 11) is 0. The van der Waals surface area contributed by atoms with Gasteiger partial charge in [0.25, 0.3) is 0 Å². The largest absolute Gasteiger partial charge is 0.509 e. The highest BCUT2D eigenvalue weighted by molar-refractivity contribution is 6.01. The van der Waals surface area contributed by atoms with E-state index in [1.807, 2.05) is 0 Å². The number of hydrogen-bond donors (Lipinski definition) is 2. The van der Waals surface area contributed by atoms with Crippen LogP contribution in [-0.4, -0.2) is 57.3 Å². The van der Waals surface area contributed by atoms with Crippen LogP contribution in [0.3, 0.4) is 0 Å². The van der Waals surface area contributed by atoms with Gasteiger partial charge in [0, 0.05) is 22.7 Å². The van der Waals surface area contributed by atoms with Crippen molar-refractivity contribution in [3.8, 4) is 0 Å². The predicted octanol–water partition coefficient (Wildman–Crippen LogP) is 4.72. The first kappa shape index (κ1) is 26.8. The number of fused-ring (bicyclic) bond motifs is 5. The molecule has 200 valence electrons. The molecule has 3 fully saturated rings. The number of aliphatic hydroxyl groups excluding tert-OH is 1. The Morgan fingerprint density at radius 2 is 1.86 bits per heavy atom. The molecule has 9 heteroatoms. The Morgan fingerprint density at radius 1 is 1.22 bits per heavy atom. The molecule has 3 saturated carbocycles. The zero-order chi connectivity index (χ0) is 27.1. The van der Waals surface area contributed by atoms with Gasteiger partial charge in [-0.15, -0.1) is 0 Å². The standard InChI is InChI=1S/C27H36F2O7/c1-7-23(3,4)35-22(34)36-27(21(32)33)14(2)10-16-17-12-19(28)18-11-15(30)8-9-24(18,5)26(17,29)20(31)13-25(16,27)6/h8-9,11,14,16-17,19-20,31H,7,10,12-13H2,1-6H3,(H,32,33)/t14-,16?,17?,19+,20+,24+,25+,26?,27-/m1/s1. The Kier molecular flexibility index (Phi) is 6.02. The summed E-state index contributed by atoms with van der Waals surface area (Å²) in [6.07, 6.45) is -0.881. The summed E-state index contributed by atoms with van der Waals surface area (Å²) in [6, 6.07) is 0. The molecule has 0 saturated heterocycles. The van der Waals surface area contributed by atoms with E-state index in [0.717, 1.165) is 6.08 Å². The topological polar surface area (TPSA) is 110 Å². The Morgan fingerprint density at radius 3 is 2.44 bits per heavy atom. The summed E-state index contributed by atoms with van der Waals surface area (Å²) in [4.78, 5) is 37.7. The van der Waals surface area contributed by atoms with Crippen molar-refractivity contribution in [3.63, 3.8) is 0 Å². The highest BCUT2D eigenvalue weighted by Gasteiger charge is 2.78. The molecule has 2 N–H and O–H groups in total. The van der Waals surface area contributed by atoms with Gasteiger partial charge in [0.2, 0.25) is 5.60 Å². The Labute approximate surface area is 209 Å². The molecular formula is C27H36F2O7. The van der Waals surface area contributed by atoms with Crippen molar-refractivity contribution >= 4 is 17.9 Å². The molecule has 0 heterocycles. The quantitative estimate of drug-likeness (QED) is 0.527. The molecule has 0 aromatic carbocycles. The van der Waals surface area contributed by atoms with E-state index < -0.39 is 75.6 Å². The lowest BCUT2D eigenvalue weighted by Gasteiger charge is -2.62. The molecule has 7 nitrogen and oxygen atoms in total. The van der Waals surface area contributed by atoms with Crippen LogP contribution in [0.15, 0.2) is 23.8 Å². The van der Waals surface area contributed by atoms with Gasteiger partial charge < -0.3 is 19.7 Å². The SMILES string of the molecule is CCC(C)(C)OC(=O)O[C@@]1(C(=O)O)[C@H](C)CC2C3C[C@H](F)C4=CC(=O)C=C[C@]4(C)C3(F)[C@@H](O)C[C@@]21C. The fraction of sp³-hybridized carbons (Fsp3) is 0.741. The van der Waals surface area contributed by atoms with E-state index in [-0.39, 0.29) is 24.8 Å². The van der Waals surface area contributed by atoms with Gasteiger partial charge in [-0.1, -0.05) is 26.8 Å².